The number of carbonyl (C=O) groups is 2. The number of likely N-dealkylation sites (N-methyl/N-ethyl adjacent to an activating group) is 1. The van der Waals surface area contributed by atoms with Crippen LogP contribution in [0, 0.1) is 0 Å². The molecule has 0 aliphatic rings. The molecule has 0 N–H and O–H groups in total. The third-order valence-electron chi connectivity index (χ3n) is 15.8. The van der Waals surface area contributed by atoms with Gasteiger partial charge in [-0.3, -0.25) is 14.2 Å². The normalized spacial score (nSPS) is 13.8. The van der Waals surface area contributed by atoms with Crippen molar-refractivity contribution >= 4 is 19.8 Å². The van der Waals surface area contributed by atoms with E-state index in [-0.39, 0.29) is 32.0 Å². The number of quaternary nitrogens is 1. The van der Waals surface area contributed by atoms with Crippen molar-refractivity contribution in [2.75, 3.05) is 47.5 Å². The smallest absolute Gasteiger partial charge is 0.306 e. The zero-order chi connectivity index (χ0) is 64.1. The molecule has 0 aliphatic carbocycles. The number of unbranched alkanes of at least 4 members (excludes halogenated alkanes) is 35. The maximum Gasteiger partial charge on any atom is 0.306 e. The third kappa shape index (κ3) is 71.7. The summed E-state index contributed by atoms with van der Waals surface area (Å²) in [7, 11) is 1.17. The number of esters is 2. The lowest BCUT2D eigenvalue weighted by atomic mass is 10.0. The average molecular weight is 1250 g/mol. The standard InChI is InChI=1S/C78H138NO8P/c1-6-8-10-12-14-16-18-20-22-24-26-28-30-32-34-36-37-38-39-40-41-43-44-46-48-50-52-54-56-58-60-62-64-66-68-70-77(80)84-74-76(75-86-88(82,83)85-73-72-79(3,4)5)87-78(81)71-69-67-65-63-61-59-57-55-53-51-49-47-45-42-35-33-31-29-27-25-23-21-19-17-15-13-11-9-7-2/h8-11,14-17,20-23,26-29,33,35,76H,6-7,12-13,18-19,24-25,30-32,34,36-75H2,1-5H3/b10-8-,11-9-,16-14-,17-15-,22-20-,23-21-,28-26-,29-27-,35-33-. The maximum atomic E-state index is 12.9. The summed E-state index contributed by atoms with van der Waals surface area (Å²) in [5, 5.41) is 0. The molecular formula is C78H138NO8P. The van der Waals surface area contributed by atoms with Gasteiger partial charge in [-0.05, 0) is 96.3 Å². The fourth-order valence-electron chi connectivity index (χ4n) is 10.3. The minimum atomic E-state index is -4.65. The molecule has 508 valence electrons. The molecule has 10 heteroatoms. The van der Waals surface area contributed by atoms with E-state index in [9.17, 15) is 19.0 Å². The van der Waals surface area contributed by atoms with Crippen LogP contribution in [0.25, 0.3) is 0 Å². The summed E-state index contributed by atoms with van der Waals surface area (Å²) in [5.41, 5.74) is 0. The quantitative estimate of drug-likeness (QED) is 0.0195. The number of ether oxygens (including phenoxy) is 2. The van der Waals surface area contributed by atoms with Gasteiger partial charge >= 0.3 is 11.9 Å². The van der Waals surface area contributed by atoms with E-state index < -0.39 is 26.5 Å². The summed E-state index contributed by atoms with van der Waals surface area (Å²) in [6, 6.07) is 0. The molecule has 0 aromatic heterocycles. The molecule has 0 bridgehead atoms. The van der Waals surface area contributed by atoms with Gasteiger partial charge in [0.2, 0.25) is 0 Å². The van der Waals surface area contributed by atoms with Crippen molar-refractivity contribution in [3.05, 3.63) is 109 Å². The van der Waals surface area contributed by atoms with Gasteiger partial charge in [-0.2, -0.15) is 0 Å². The molecule has 2 atom stereocenters. The van der Waals surface area contributed by atoms with Crippen molar-refractivity contribution in [3.8, 4) is 0 Å². The van der Waals surface area contributed by atoms with Gasteiger partial charge in [-0.25, -0.2) is 0 Å². The highest BCUT2D eigenvalue weighted by atomic mass is 31.2. The largest absolute Gasteiger partial charge is 0.756 e. The van der Waals surface area contributed by atoms with E-state index in [0.29, 0.717) is 17.4 Å². The van der Waals surface area contributed by atoms with Crippen molar-refractivity contribution in [1.29, 1.82) is 0 Å². The highest BCUT2D eigenvalue weighted by Crippen LogP contribution is 2.38. The fraction of sp³-hybridized carbons (Fsp3) is 0.744. The topological polar surface area (TPSA) is 111 Å². The Labute approximate surface area is 544 Å². The van der Waals surface area contributed by atoms with Crippen molar-refractivity contribution in [2.45, 2.75) is 328 Å². The number of allylic oxidation sites excluding steroid dienone is 18. The first-order valence-electron chi connectivity index (χ1n) is 36.6. The van der Waals surface area contributed by atoms with E-state index >= 15 is 0 Å². The van der Waals surface area contributed by atoms with Crippen LogP contribution in [0.5, 0.6) is 0 Å². The van der Waals surface area contributed by atoms with E-state index in [2.05, 4.69) is 123 Å². The summed E-state index contributed by atoms with van der Waals surface area (Å²) in [6.45, 7) is 4.05. The predicted molar refractivity (Wildman–Crippen MR) is 378 cm³/mol. The molecule has 0 saturated heterocycles. The Morgan fingerprint density at radius 2 is 0.614 bits per heavy atom. The fourth-order valence-corrected chi connectivity index (χ4v) is 11.0. The molecule has 0 aromatic carbocycles. The number of hydrogen-bond donors (Lipinski definition) is 0. The molecule has 0 amide bonds. The highest BCUT2D eigenvalue weighted by Gasteiger charge is 2.22. The average Bonchev–Trinajstić information content (AvgIpc) is 3.68. The zero-order valence-electron chi connectivity index (χ0n) is 57.9. The second-order valence-corrected chi connectivity index (χ2v) is 27.0. The molecule has 0 rings (SSSR count). The number of rotatable bonds is 67. The number of carbonyl (C=O) groups excluding carboxylic acids is 2. The molecule has 0 heterocycles. The summed E-state index contributed by atoms with van der Waals surface area (Å²) in [4.78, 5) is 38.1. The molecular weight excluding hydrogens is 1110 g/mol. The minimum absolute atomic E-state index is 0.0331. The van der Waals surface area contributed by atoms with Crippen molar-refractivity contribution in [2.24, 2.45) is 0 Å². The molecule has 0 fully saturated rings. The van der Waals surface area contributed by atoms with Gasteiger partial charge in [0.05, 0.1) is 27.7 Å². The molecule has 9 nitrogen and oxygen atoms in total. The second kappa shape index (κ2) is 68.0. The van der Waals surface area contributed by atoms with Crippen molar-refractivity contribution in [3.63, 3.8) is 0 Å². The first kappa shape index (κ1) is 84.7. The van der Waals surface area contributed by atoms with Gasteiger partial charge in [0.1, 0.15) is 19.8 Å². The minimum Gasteiger partial charge on any atom is -0.756 e. The lowest BCUT2D eigenvalue weighted by Crippen LogP contribution is -2.37. The summed E-state index contributed by atoms with van der Waals surface area (Å²) in [5.74, 6) is -0.825. The summed E-state index contributed by atoms with van der Waals surface area (Å²) >= 11 is 0. The van der Waals surface area contributed by atoms with Crippen molar-refractivity contribution in [1.82, 2.24) is 0 Å². The Bertz CT molecular complexity index is 1850. The molecule has 0 radical (unpaired) electrons. The Morgan fingerprint density at radius 1 is 0.352 bits per heavy atom. The predicted octanol–water partition coefficient (Wildman–Crippen LogP) is 23.4. The molecule has 0 spiro atoms. The lowest BCUT2D eigenvalue weighted by molar-refractivity contribution is -0.870. The highest BCUT2D eigenvalue weighted by molar-refractivity contribution is 7.45. The van der Waals surface area contributed by atoms with E-state index in [1.165, 1.54) is 193 Å². The van der Waals surface area contributed by atoms with Crippen LogP contribution in [0.2, 0.25) is 0 Å². The number of hydrogen-bond acceptors (Lipinski definition) is 8. The first-order chi connectivity index (χ1) is 43.0. The Morgan fingerprint density at radius 3 is 0.909 bits per heavy atom. The van der Waals surface area contributed by atoms with Crippen LogP contribution < -0.4 is 4.89 Å². The van der Waals surface area contributed by atoms with Crippen LogP contribution in [-0.4, -0.2) is 70.0 Å². The number of nitrogens with zero attached hydrogens (tertiary/aromatic N) is 1. The Balaban J connectivity index is 3.99. The Kier molecular flexibility index (Phi) is 65.5. The van der Waals surface area contributed by atoms with Crippen LogP contribution in [0.1, 0.15) is 322 Å². The maximum absolute atomic E-state index is 12.9. The van der Waals surface area contributed by atoms with Crippen LogP contribution in [0.15, 0.2) is 109 Å². The monoisotopic (exact) mass is 1250 g/mol. The third-order valence-corrected chi connectivity index (χ3v) is 16.8. The molecule has 0 aliphatic heterocycles. The van der Waals surface area contributed by atoms with Crippen molar-refractivity contribution < 1.29 is 42.1 Å². The van der Waals surface area contributed by atoms with Crippen LogP contribution >= 0.6 is 7.82 Å². The zero-order valence-corrected chi connectivity index (χ0v) is 58.8. The van der Waals surface area contributed by atoms with Crippen LogP contribution in [0.3, 0.4) is 0 Å². The number of phosphoric acid groups is 1. The molecule has 0 aromatic rings. The number of phosphoric ester groups is 1. The first-order valence-corrected chi connectivity index (χ1v) is 38.1. The second-order valence-electron chi connectivity index (χ2n) is 25.5. The van der Waals surface area contributed by atoms with Gasteiger partial charge in [0.15, 0.2) is 6.10 Å². The van der Waals surface area contributed by atoms with E-state index in [1.54, 1.807) is 0 Å². The van der Waals surface area contributed by atoms with Gasteiger partial charge in [-0.1, -0.05) is 322 Å². The molecule has 0 saturated carbocycles. The van der Waals surface area contributed by atoms with E-state index in [1.807, 2.05) is 21.1 Å². The Hall–Kier alpha value is -3.33. The van der Waals surface area contributed by atoms with Gasteiger partial charge < -0.3 is 27.9 Å². The summed E-state index contributed by atoms with van der Waals surface area (Å²) < 4.78 is 34.4. The van der Waals surface area contributed by atoms with E-state index in [4.69, 9.17) is 18.5 Å². The van der Waals surface area contributed by atoms with E-state index in [0.717, 1.165) is 96.3 Å². The SMILES string of the molecule is CC/C=C\C/C=C\C/C=C\C/C=C\C/C=C\CCCCCCCCCCCCCCCC(=O)OC(COC(=O)CCCCCCCCCCCCCCCCCCCCCCCC/C=C\C/C=C\C/C=C\C/C=C\CC)COP(=O)([O-])OCC[N+](C)(C)C. The summed E-state index contributed by atoms with van der Waals surface area (Å²) in [6.07, 6.45) is 96.1. The molecule has 88 heavy (non-hydrogen) atoms. The van der Waals surface area contributed by atoms with Gasteiger partial charge in [-0.15, -0.1) is 0 Å². The molecule has 2 unspecified atom stereocenters. The van der Waals surface area contributed by atoms with Gasteiger partial charge in [0, 0.05) is 12.8 Å². The lowest BCUT2D eigenvalue weighted by Gasteiger charge is -2.28. The van der Waals surface area contributed by atoms with Crippen LogP contribution in [-0.2, 0) is 32.7 Å². The van der Waals surface area contributed by atoms with Gasteiger partial charge in [0.25, 0.3) is 7.82 Å². The van der Waals surface area contributed by atoms with Crippen LogP contribution in [0.4, 0.5) is 0 Å².